The van der Waals surface area contributed by atoms with E-state index in [1.165, 1.54) is 12.1 Å². The number of nitrogens with zero attached hydrogens (tertiary/aromatic N) is 1. The molecule has 0 spiro atoms. The van der Waals surface area contributed by atoms with Crippen LogP contribution in [0.5, 0.6) is 0 Å². The molecule has 130 valence electrons. The zero-order valence-corrected chi connectivity index (χ0v) is 13.7. The predicted molar refractivity (Wildman–Crippen MR) is 90.4 cm³/mol. The van der Waals surface area contributed by atoms with Crippen LogP contribution in [-0.2, 0) is 4.74 Å². The SMILES string of the molecule is O=C(N[C@@H](c1ccc(F)cc1)c1ccccn1)N[C@H]1C[C@H]2CC[C@H]1O2. The first-order valence-electron chi connectivity index (χ1n) is 8.58. The Balaban J connectivity index is 1.50. The highest BCUT2D eigenvalue weighted by Gasteiger charge is 2.41. The zero-order chi connectivity index (χ0) is 17.2. The van der Waals surface area contributed by atoms with Gasteiger partial charge < -0.3 is 15.4 Å². The molecule has 3 heterocycles. The van der Waals surface area contributed by atoms with Crippen molar-refractivity contribution >= 4 is 6.03 Å². The molecule has 2 bridgehead atoms. The lowest BCUT2D eigenvalue weighted by atomic mass is 9.96. The van der Waals surface area contributed by atoms with Crippen molar-refractivity contribution in [1.82, 2.24) is 15.6 Å². The van der Waals surface area contributed by atoms with Crippen molar-refractivity contribution in [2.45, 2.75) is 43.6 Å². The number of benzene rings is 1. The Morgan fingerprint density at radius 1 is 1.20 bits per heavy atom. The third-order valence-corrected chi connectivity index (χ3v) is 4.88. The second kappa shape index (κ2) is 6.80. The summed E-state index contributed by atoms with van der Waals surface area (Å²) in [5.41, 5.74) is 1.48. The van der Waals surface area contributed by atoms with Crippen molar-refractivity contribution in [2.24, 2.45) is 0 Å². The molecule has 2 aliphatic rings. The largest absolute Gasteiger partial charge is 0.373 e. The summed E-state index contributed by atoms with van der Waals surface area (Å²) < 4.78 is 19.0. The van der Waals surface area contributed by atoms with Crippen LogP contribution in [0.3, 0.4) is 0 Å². The third-order valence-electron chi connectivity index (χ3n) is 4.88. The number of amides is 2. The van der Waals surface area contributed by atoms with E-state index in [0.29, 0.717) is 5.69 Å². The number of carbonyl (C=O) groups excluding carboxylic acids is 1. The Morgan fingerprint density at radius 3 is 2.68 bits per heavy atom. The number of nitrogens with one attached hydrogen (secondary N) is 2. The fourth-order valence-electron chi connectivity index (χ4n) is 3.66. The number of rotatable bonds is 4. The molecule has 2 saturated heterocycles. The van der Waals surface area contributed by atoms with Gasteiger partial charge in [0.1, 0.15) is 5.82 Å². The maximum Gasteiger partial charge on any atom is 0.315 e. The van der Waals surface area contributed by atoms with Crippen LogP contribution < -0.4 is 10.6 Å². The number of hydrogen-bond acceptors (Lipinski definition) is 3. The molecule has 6 heteroatoms. The predicted octanol–water partition coefficient (Wildman–Crippen LogP) is 2.93. The molecule has 0 saturated carbocycles. The first-order chi connectivity index (χ1) is 12.2. The first-order valence-corrected chi connectivity index (χ1v) is 8.58. The highest BCUT2D eigenvalue weighted by atomic mass is 19.1. The maximum atomic E-state index is 13.2. The van der Waals surface area contributed by atoms with E-state index in [2.05, 4.69) is 15.6 Å². The van der Waals surface area contributed by atoms with Gasteiger partial charge >= 0.3 is 6.03 Å². The summed E-state index contributed by atoms with van der Waals surface area (Å²) >= 11 is 0. The monoisotopic (exact) mass is 341 g/mol. The van der Waals surface area contributed by atoms with Gasteiger partial charge in [-0.25, -0.2) is 9.18 Å². The van der Waals surface area contributed by atoms with E-state index >= 15 is 0 Å². The molecular formula is C19H20FN3O2. The smallest absolute Gasteiger partial charge is 0.315 e. The van der Waals surface area contributed by atoms with E-state index in [9.17, 15) is 9.18 Å². The highest BCUT2D eigenvalue weighted by molar-refractivity contribution is 5.75. The molecule has 2 aliphatic heterocycles. The first kappa shape index (κ1) is 16.0. The van der Waals surface area contributed by atoms with Gasteiger partial charge in [0, 0.05) is 6.20 Å². The van der Waals surface area contributed by atoms with E-state index in [1.807, 2.05) is 18.2 Å². The van der Waals surface area contributed by atoms with Crippen LogP contribution in [0.15, 0.2) is 48.7 Å². The van der Waals surface area contributed by atoms with E-state index in [0.717, 1.165) is 24.8 Å². The van der Waals surface area contributed by atoms with Crippen LogP contribution in [0.1, 0.15) is 36.6 Å². The number of carbonyl (C=O) groups is 1. The standard InChI is InChI=1S/C19H20FN3O2/c20-13-6-4-12(5-7-13)18(15-3-1-2-10-21-15)23-19(24)22-16-11-14-8-9-17(16)25-14/h1-7,10,14,16-18H,8-9,11H2,(H2,22,23,24)/t14-,16+,17-,18+/m1/s1. The lowest BCUT2D eigenvalue weighted by molar-refractivity contribution is 0.0980. The summed E-state index contributed by atoms with van der Waals surface area (Å²) in [5, 5.41) is 5.98. The molecule has 0 unspecified atom stereocenters. The molecule has 2 fully saturated rings. The van der Waals surface area contributed by atoms with E-state index in [1.54, 1.807) is 18.3 Å². The maximum absolute atomic E-state index is 13.2. The molecule has 0 aliphatic carbocycles. The van der Waals surface area contributed by atoms with E-state index in [-0.39, 0.29) is 30.1 Å². The van der Waals surface area contributed by atoms with Gasteiger partial charge in [-0.1, -0.05) is 18.2 Å². The van der Waals surface area contributed by atoms with Gasteiger partial charge in [0.25, 0.3) is 0 Å². The molecule has 2 aromatic rings. The summed E-state index contributed by atoms with van der Waals surface area (Å²) in [7, 11) is 0. The molecule has 1 aromatic heterocycles. The number of pyridine rings is 1. The molecular weight excluding hydrogens is 321 g/mol. The van der Waals surface area contributed by atoms with Crippen LogP contribution in [0, 0.1) is 5.82 Å². The second-order valence-electron chi connectivity index (χ2n) is 6.57. The average molecular weight is 341 g/mol. The van der Waals surface area contributed by atoms with E-state index < -0.39 is 6.04 Å². The molecule has 0 radical (unpaired) electrons. The quantitative estimate of drug-likeness (QED) is 0.899. The number of hydrogen-bond donors (Lipinski definition) is 2. The Kier molecular flexibility index (Phi) is 4.36. The number of fused-ring (bicyclic) bond motifs is 2. The number of urea groups is 1. The molecule has 4 rings (SSSR count). The normalized spacial score (nSPS) is 25.6. The average Bonchev–Trinajstić information content (AvgIpc) is 3.24. The van der Waals surface area contributed by atoms with Crippen molar-refractivity contribution < 1.29 is 13.9 Å². The van der Waals surface area contributed by atoms with Gasteiger partial charge in [0.05, 0.1) is 30.0 Å². The number of ether oxygens (including phenoxy) is 1. The van der Waals surface area contributed by atoms with Crippen molar-refractivity contribution in [3.63, 3.8) is 0 Å². The van der Waals surface area contributed by atoms with Gasteiger partial charge in [-0.05, 0) is 49.1 Å². The summed E-state index contributed by atoms with van der Waals surface area (Å²) in [4.78, 5) is 16.9. The van der Waals surface area contributed by atoms with Crippen molar-refractivity contribution in [2.75, 3.05) is 0 Å². The molecule has 2 N–H and O–H groups in total. The Morgan fingerprint density at radius 2 is 2.04 bits per heavy atom. The minimum atomic E-state index is -0.443. The Hall–Kier alpha value is -2.47. The Labute approximate surface area is 145 Å². The summed E-state index contributed by atoms with van der Waals surface area (Å²) in [6.07, 6.45) is 5.01. The molecule has 25 heavy (non-hydrogen) atoms. The molecule has 5 nitrogen and oxygen atoms in total. The Bertz CT molecular complexity index is 738. The summed E-state index contributed by atoms with van der Waals surface area (Å²) in [6, 6.07) is 11.0. The summed E-state index contributed by atoms with van der Waals surface area (Å²) in [5.74, 6) is -0.313. The second-order valence-corrected chi connectivity index (χ2v) is 6.57. The fraction of sp³-hybridized carbons (Fsp3) is 0.368. The van der Waals surface area contributed by atoms with Gasteiger partial charge in [-0.2, -0.15) is 0 Å². The van der Waals surface area contributed by atoms with Gasteiger partial charge in [-0.15, -0.1) is 0 Å². The number of aromatic nitrogens is 1. The lowest BCUT2D eigenvalue weighted by Crippen LogP contribution is -2.47. The third kappa shape index (κ3) is 3.49. The summed E-state index contributed by atoms with van der Waals surface area (Å²) in [6.45, 7) is 0. The fourth-order valence-corrected chi connectivity index (χ4v) is 3.66. The molecule has 1 aromatic carbocycles. The van der Waals surface area contributed by atoms with Crippen LogP contribution in [-0.4, -0.2) is 29.3 Å². The van der Waals surface area contributed by atoms with Crippen LogP contribution in [0.2, 0.25) is 0 Å². The van der Waals surface area contributed by atoms with Crippen molar-refractivity contribution in [1.29, 1.82) is 0 Å². The van der Waals surface area contributed by atoms with Gasteiger partial charge in [0.2, 0.25) is 0 Å². The van der Waals surface area contributed by atoms with Crippen molar-refractivity contribution in [3.8, 4) is 0 Å². The molecule has 2 amide bonds. The van der Waals surface area contributed by atoms with Gasteiger partial charge in [0.15, 0.2) is 0 Å². The highest BCUT2D eigenvalue weighted by Crippen LogP contribution is 2.34. The topological polar surface area (TPSA) is 63.2 Å². The van der Waals surface area contributed by atoms with Crippen molar-refractivity contribution in [3.05, 3.63) is 65.7 Å². The van der Waals surface area contributed by atoms with Crippen LogP contribution in [0.4, 0.5) is 9.18 Å². The minimum absolute atomic E-state index is 0.0522. The molecule has 4 atom stereocenters. The minimum Gasteiger partial charge on any atom is -0.373 e. The van der Waals surface area contributed by atoms with Crippen LogP contribution in [0.25, 0.3) is 0 Å². The zero-order valence-electron chi connectivity index (χ0n) is 13.7. The van der Waals surface area contributed by atoms with Gasteiger partial charge in [-0.3, -0.25) is 4.98 Å². The lowest BCUT2D eigenvalue weighted by Gasteiger charge is -2.23. The van der Waals surface area contributed by atoms with E-state index in [4.69, 9.17) is 4.74 Å². The van der Waals surface area contributed by atoms with Crippen LogP contribution >= 0.6 is 0 Å². The number of halogens is 1.